The van der Waals surface area contributed by atoms with Crippen LogP contribution >= 0.6 is 12.2 Å². The summed E-state index contributed by atoms with van der Waals surface area (Å²) in [5.74, 6) is 1.87. The maximum atomic E-state index is 11.6. The molecule has 198 valence electrons. The van der Waals surface area contributed by atoms with Crippen molar-refractivity contribution in [3.8, 4) is 22.9 Å². The topological polar surface area (TPSA) is 104 Å². The number of nitro groups is 1. The molecule has 4 aromatic rings. The molecule has 1 N–H and O–H groups in total. The summed E-state index contributed by atoms with van der Waals surface area (Å²) in [6.45, 7) is 4.14. The number of nitrogens with zero attached hydrogens (tertiary/aromatic N) is 4. The van der Waals surface area contributed by atoms with Crippen LogP contribution in [0.1, 0.15) is 34.7 Å². The number of thiocarbonyl (C=S) groups is 1. The number of anilines is 1. The largest absolute Gasteiger partial charge is 0.495 e. The predicted octanol–water partition coefficient (Wildman–Crippen LogP) is 5.31. The van der Waals surface area contributed by atoms with Gasteiger partial charge >= 0.3 is 0 Å². The third-order valence-corrected chi connectivity index (χ3v) is 7.45. The van der Waals surface area contributed by atoms with Crippen LogP contribution in [0.25, 0.3) is 5.69 Å². The molecule has 6 rings (SSSR count). The molecule has 2 aliphatic heterocycles. The van der Waals surface area contributed by atoms with Crippen LogP contribution in [0.15, 0.2) is 66.9 Å². The first-order valence-corrected chi connectivity index (χ1v) is 12.7. The fraction of sp³-hybridized carbons (Fsp3) is 0.214. The summed E-state index contributed by atoms with van der Waals surface area (Å²) in [6, 6.07) is 17.7. The highest BCUT2D eigenvalue weighted by molar-refractivity contribution is 7.80. The summed E-state index contributed by atoms with van der Waals surface area (Å²) in [5.41, 5.74) is 5.03. The van der Waals surface area contributed by atoms with Crippen LogP contribution in [-0.2, 0) is 0 Å². The van der Waals surface area contributed by atoms with Gasteiger partial charge in [-0.3, -0.25) is 15.1 Å². The Morgan fingerprint density at radius 2 is 1.92 bits per heavy atom. The molecule has 0 aliphatic carbocycles. The molecule has 11 heteroatoms. The molecule has 0 amide bonds. The van der Waals surface area contributed by atoms with Gasteiger partial charge in [0.1, 0.15) is 5.75 Å². The Morgan fingerprint density at radius 3 is 2.67 bits per heavy atom. The number of nitrogens with one attached hydrogen (secondary N) is 1. The molecular weight excluding hydrogens is 518 g/mol. The second-order valence-electron chi connectivity index (χ2n) is 9.31. The van der Waals surface area contributed by atoms with Crippen molar-refractivity contribution >= 4 is 28.7 Å². The Bertz CT molecular complexity index is 1610. The molecular formula is C28H25N5O5S. The summed E-state index contributed by atoms with van der Waals surface area (Å²) in [7, 11) is 1.55. The van der Waals surface area contributed by atoms with E-state index in [4.69, 9.17) is 26.4 Å². The van der Waals surface area contributed by atoms with Gasteiger partial charge in [0, 0.05) is 41.5 Å². The van der Waals surface area contributed by atoms with Gasteiger partial charge in [-0.2, -0.15) is 0 Å². The van der Waals surface area contributed by atoms with E-state index >= 15 is 0 Å². The number of ether oxygens (including phenoxy) is 3. The number of hydrogen-bond donors (Lipinski definition) is 1. The van der Waals surface area contributed by atoms with Gasteiger partial charge in [-0.1, -0.05) is 6.07 Å². The number of nitro benzene ring substituents is 1. The molecule has 2 aromatic heterocycles. The van der Waals surface area contributed by atoms with E-state index in [2.05, 4.69) is 21.3 Å². The lowest BCUT2D eigenvalue weighted by Crippen LogP contribution is -2.29. The zero-order valence-corrected chi connectivity index (χ0v) is 22.3. The van der Waals surface area contributed by atoms with E-state index in [9.17, 15) is 10.1 Å². The van der Waals surface area contributed by atoms with E-state index < -0.39 is 4.92 Å². The highest BCUT2D eigenvalue weighted by Crippen LogP contribution is 2.46. The van der Waals surface area contributed by atoms with Crippen molar-refractivity contribution in [2.75, 3.05) is 18.8 Å². The molecule has 1 fully saturated rings. The highest BCUT2D eigenvalue weighted by Gasteiger charge is 2.42. The quantitative estimate of drug-likeness (QED) is 0.197. The van der Waals surface area contributed by atoms with Crippen LogP contribution in [0.4, 0.5) is 11.4 Å². The van der Waals surface area contributed by atoms with Crippen molar-refractivity contribution in [3.63, 3.8) is 0 Å². The van der Waals surface area contributed by atoms with Crippen LogP contribution < -0.4 is 24.4 Å². The molecule has 1 saturated heterocycles. The number of rotatable bonds is 6. The SMILES string of the molecule is COc1ccc([N+](=O)[O-])cc1-n1c(C)cc(C2C(c3ccccn3)NC(=S)N2c2ccc3c(c2)OCO3)c1C. The normalized spacial score (nSPS) is 17.8. The number of benzene rings is 2. The highest BCUT2D eigenvalue weighted by atomic mass is 32.1. The van der Waals surface area contributed by atoms with Crippen LogP contribution in [0.2, 0.25) is 0 Å². The third kappa shape index (κ3) is 4.11. The van der Waals surface area contributed by atoms with Gasteiger partial charge in [0.2, 0.25) is 6.79 Å². The Labute approximate surface area is 229 Å². The second-order valence-corrected chi connectivity index (χ2v) is 9.70. The average Bonchev–Trinajstić information content (AvgIpc) is 3.63. The Hall–Kier alpha value is -4.64. The zero-order valence-electron chi connectivity index (χ0n) is 21.5. The number of hydrogen-bond acceptors (Lipinski definition) is 7. The molecule has 0 spiro atoms. The van der Waals surface area contributed by atoms with Crippen molar-refractivity contribution in [2.24, 2.45) is 0 Å². The summed E-state index contributed by atoms with van der Waals surface area (Å²) < 4.78 is 18.7. The predicted molar refractivity (Wildman–Crippen MR) is 149 cm³/mol. The molecule has 2 aliphatic rings. The molecule has 2 unspecified atom stereocenters. The van der Waals surface area contributed by atoms with E-state index in [0.29, 0.717) is 28.0 Å². The number of methoxy groups -OCH3 is 1. The van der Waals surface area contributed by atoms with Gasteiger partial charge in [-0.05, 0) is 68.0 Å². The van der Waals surface area contributed by atoms with E-state index in [1.165, 1.54) is 12.1 Å². The first-order valence-electron chi connectivity index (χ1n) is 12.3. The van der Waals surface area contributed by atoms with Gasteiger partial charge in [0.15, 0.2) is 16.6 Å². The van der Waals surface area contributed by atoms with E-state index in [-0.39, 0.29) is 24.6 Å². The van der Waals surface area contributed by atoms with Gasteiger partial charge < -0.3 is 29.0 Å². The lowest BCUT2D eigenvalue weighted by Gasteiger charge is -2.28. The monoisotopic (exact) mass is 543 g/mol. The van der Waals surface area contributed by atoms with Crippen LogP contribution in [0.3, 0.4) is 0 Å². The van der Waals surface area contributed by atoms with E-state index in [0.717, 1.165) is 28.3 Å². The molecule has 2 atom stereocenters. The van der Waals surface area contributed by atoms with Gasteiger partial charge in [0.05, 0.1) is 35.5 Å². The number of aryl methyl sites for hydroxylation is 1. The maximum absolute atomic E-state index is 11.6. The van der Waals surface area contributed by atoms with E-state index in [1.54, 1.807) is 19.4 Å². The summed E-state index contributed by atoms with van der Waals surface area (Å²) in [6.07, 6.45) is 1.76. The first-order chi connectivity index (χ1) is 18.9. The van der Waals surface area contributed by atoms with Crippen molar-refractivity contribution in [1.29, 1.82) is 0 Å². The maximum Gasteiger partial charge on any atom is 0.271 e. The molecule has 39 heavy (non-hydrogen) atoms. The van der Waals surface area contributed by atoms with Crippen LogP contribution in [0.5, 0.6) is 17.2 Å². The minimum atomic E-state index is -0.407. The number of pyridine rings is 1. The Kier molecular flexibility index (Phi) is 6.07. The minimum absolute atomic E-state index is 0.0168. The van der Waals surface area contributed by atoms with Crippen LogP contribution in [0, 0.1) is 24.0 Å². The second kappa shape index (κ2) is 9.59. The Morgan fingerprint density at radius 1 is 1.10 bits per heavy atom. The summed E-state index contributed by atoms with van der Waals surface area (Å²) in [5, 5.41) is 15.6. The number of non-ortho nitro benzene ring substituents is 1. The fourth-order valence-corrected chi connectivity index (χ4v) is 5.75. The van der Waals surface area contributed by atoms with E-state index in [1.807, 2.05) is 54.8 Å². The fourth-order valence-electron chi connectivity index (χ4n) is 5.41. The van der Waals surface area contributed by atoms with Crippen molar-refractivity contribution in [1.82, 2.24) is 14.9 Å². The molecule has 0 radical (unpaired) electrons. The van der Waals surface area contributed by atoms with Crippen molar-refractivity contribution < 1.29 is 19.1 Å². The Balaban J connectivity index is 1.53. The number of fused-ring (bicyclic) bond motifs is 1. The third-order valence-electron chi connectivity index (χ3n) is 7.14. The summed E-state index contributed by atoms with van der Waals surface area (Å²) >= 11 is 5.88. The first kappa shape index (κ1) is 24.7. The lowest BCUT2D eigenvalue weighted by molar-refractivity contribution is -0.384. The van der Waals surface area contributed by atoms with Crippen LogP contribution in [-0.4, -0.2) is 33.5 Å². The zero-order chi connectivity index (χ0) is 27.3. The van der Waals surface area contributed by atoms with Crippen molar-refractivity contribution in [2.45, 2.75) is 25.9 Å². The van der Waals surface area contributed by atoms with Gasteiger partial charge in [0.25, 0.3) is 5.69 Å². The number of aromatic nitrogens is 2. The average molecular weight is 544 g/mol. The van der Waals surface area contributed by atoms with Crippen molar-refractivity contribution in [3.05, 3.63) is 99.6 Å². The molecule has 2 aromatic carbocycles. The lowest BCUT2D eigenvalue weighted by atomic mass is 9.96. The summed E-state index contributed by atoms with van der Waals surface area (Å²) in [4.78, 5) is 17.9. The smallest absolute Gasteiger partial charge is 0.271 e. The molecule has 4 heterocycles. The van der Waals surface area contributed by atoms with Gasteiger partial charge in [-0.15, -0.1) is 0 Å². The minimum Gasteiger partial charge on any atom is -0.495 e. The molecule has 0 bridgehead atoms. The standard InChI is InChI=1S/C28H25N5O5S/c1-16-12-20(17(2)31(16)22-13-19(33(34)35)8-9-23(22)36-3)27-26(21-6-4-5-11-29-21)30-28(39)32(27)18-7-10-24-25(14-18)38-15-37-24/h4-14,26-27H,15H2,1-3H3,(H,30,39). The molecule has 10 nitrogen and oxygen atoms in total. The molecule has 0 saturated carbocycles. The van der Waals surface area contributed by atoms with Gasteiger partial charge in [-0.25, -0.2) is 0 Å².